The highest BCUT2D eigenvalue weighted by atomic mass is 19.1. The summed E-state index contributed by atoms with van der Waals surface area (Å²) in [5.41, 5.74) is 0.952. The molecule has 2 saturated heterocycles. The highest BCUT2D eigenvalue weighted by Gasteiger charge is 2.46. The number of ether oxygens (including phenoxy) is 2. The first-order valence-electron chi connectivity index (χ1n) is 9.48. The number of hydrogen-bond acceptors (Lipinski definition) is 3. The first-order valence-corrected chi connectivity index (χ1v) is 9.48. The maximum absolute atomic E-state index is 13.3. The number of benzene rings is 1. The Kier molecular flexibility index (Phi) is 5.04. The Morgan fingerprint density at radius 3 is 2.84 bits per heavy atom. The van der Waals surface area contributed by atoms with Crippen LogP contribution >= 0.6 is 0 Å². The lowest BCUT2D eigenvalue weighted by atomic mass is 10.1. The molecule has 3 fully saturated rings. The number of rotatable bonds is 5. The van der Waals surface area contributed by atoms with Crippen LogP contribution in [0.4, 0.5) is 4.39 Å². The van der Waals surface area contributed by atoms with Crippen LogP contribution in [0.1, 0.15) is 43.6 Å². The topological polar surface area (TPSA) is 38.8 Å². The van der Waals surface area contributed by atoms with Gasteiger partial charge in [-0.2, -0.15) is 0 Å². The molecule has 0 unspecified atom stereocenters. The summed E-state index contributed by atoms with van der Waals surface area (Å²) in [5, 5.41) is 0. The predicted octanol–water partition coefficient (Wildman–Crippen LogP) is 3.12. The van der Waals surface area contributed by atoms with Gasteiger partial charge in [-0.05, 0) is 55.7 Å². The number of nitrogens with zero attached hydrogens (tertiary/aromatic N) is 1. The maximum atomic E-state index is 13.3. The van der Waals surface area contributed by atoms with Crippen LogP contribution in [0.5, 0.6) is 0 Å². The van der Waals surface area contributed by atoms with Crippen molar-refractivity contribution in [1.82, 2.24) is 4.90 Å². The lowest BCUT2D eigenvalue weighted by Crippen LogP contribution is -2.42. The second-order valence-corrected chi connectivity index (χ2v) is 7.50. The minimum Gasteiger partial charge on any atom is -0.376 e. The summed E-state index contributed by atoms with van der Waals surface area (Å²) in [6.45, 7) is 3.07. The van der Waals surface area contributed by atoms with Crippen LogP contribution in [0.3, 0.4) is 0 Å². The highest BCUT2D eigenvalue weighted by molar-refractivity contribution is 5.83. The molecule has 0 radical (unpaired) electrons. The van der Waals surface area contributed by atoms with Crippen molar-refractivity contribution < 1.29 is 18.7 Å². The van der Waals surface area contributed by atoms with E-state index < -0.39 is 0 Å². The molecule has 5 heteroatoms. The van der Waals surface area contributed by atoms with Crippen LogP contribution in [0.25, 0.3) is 0 Å². The largest absolute Gasteiger partial charge is 0.376 e. The SMILES string of the molecule is O=C([C@@H]1C[C@@H]1c1cccc(F)c1)N1CCC(OC[C@H]2CCCO2)CC1. The normalized spacial score (nSPS) is 29.8. The molecule has 0 N–H and O–H groups in total. The van der Waals surface area contributed by atoms with Crippen LogP contribution in [0.15, 0.2) is 24.3 Å². The van der Waals surface area contributed by atoms with E-state index in [1.54, 1.807) is 12.1 Å². The minimum absolute atomic E-state index is 0.0335. The van der Waals surface area contributed by atoms with Gasteiger partial charge in [0.1, 0.15) is 5.82 Å². The molecule has 0 spiro atoms. The van der Waals surface area contributed by atoms with Crippen molar-refractivity contribution in [2.24, 2.45) is 5.92 Å². The Labute approximate surface area is 148 Å². The van der Waals surface area contributed by atoms with Gasteiger partial charge in [0.05, 0.1) is 18.8 Å². The van der Waals surface area contributed by atoms with E-state index in [4.69, 9.17) is 9.47 Å². The Bertz CT molecular complexity index is 609. The monoisotopic (exact) mass is 347 g/mol. The van der Waals surface area contributed by atoms with E-state index in [1.165, 1.54) is 6.07 Å². The smallest absolute Gasteiger partial charge is 0.226 e. The molecular formula is C20H26FNO3. The summed E-state index contributed by atoms with van der Waals surface area (Å²) in [6, 6.07) is 6.65. The summed E-state index contributed by atoms with van der Waals surface area (Å²) < 4.78 is 24.9. The Morgan fingerprint density at radius 1 is 1.28 bits per heavy atom. The quantitative estimate of drug-likeness (QED) is 0.821. The van der Waals surface area contributed by atoms with Gasteiger partial charge in [0, 0.05) is 25.6 Å². The molecule has 1 saturated carbocycles. The zero-order valence-electron chi connectivity index (χ0n) is 14.5. The Balaban J connectivity index is 1.22. The van der Waals surface area contributed by atoms with Gasteiger partial charge in [0.25, 0.3) is 0 Å². The van der Waals surface area contributed by atoms with Crippen molar-refractivity contribution in [2.45, 2.75) is 50.2 Å². The molecule has 1 aliphatic carbocycles. The van der Waals surface area contributed by atoms with Gasteiger partial charge < -0.3 is 14.4 Å². The van der Waals surface area contributed by atoms with E-state index in [9.17, 15) is 9.18 Å². The molecular weight excluding hydrogens is 321 g/mol. The first-order chi connectivity index (χ1) is 12.2. The molecule has 3 aliphatic rings. The van der Waals surface area contributed by atoms with Crippen LogP contribution in [-0.4, -0.2) is 49.3 Å². The third-order valence-electron chi connectivity index (χ3n) is 5.68. The number of likely N-dealkylation sites (tertiary alicyclic amines) is 1. The van der Waals surface area contributed by atoms with Gasteiger partial charge >= 0.3 is 0 Å². The summed E-state index contributed by atoms with van der Waals surface area (Å²) >= 11 is 0. The van der Waals surface area contributed by atoms with E-state index >= 15 is 0 Å². The van der Waals surface area contributed by atoms with Crippen LogP contribution in [-0.2, 0) is 14.3 Å². The second-order valence-electron chi connectivity index (χ2n) is 7.50. The summed E-state index contributed by atoms with van der Waals surface area (Å²) in [7, 11) is 0. The zero-order chi connectivity index (χ0) is 17.2. The van der Waals surface area contributed by atoms with E-state index in [-0.39, 0.29) is 35.8 Å². The third-order valence-corrected chi connectivity index (χ3v) is 5.68. The van der Waals surface area contributed by atoms with E-state index in [2.05, 4.69) is 0 Å². The second kappa shape index (κ2) is 7.42. The number of carbonyl (C=O) groups excluding carboxylic acids is 1. The van der Waals surface area contributed by atoms with Crippen molar-refractivity contribution in [1.29, 1.82) is 0 Å². The molecule has 4 rings (SSSR count). The van der Waals surface area contributed by atoms with Crippen molar-refractivity contribution in [3.05, 3.63) is 35.6 Å². The van der Waals surface area contributed by atoms with E-state index in [1.807, 2.05) is 11.0 Å². The van der Waals surface area contributed by atoms with Gasteiger partial charge in [0.2, 0.25) is 5.91 Å². The average molecular weight is 347 g/mol. The van der Waals surface area contributed by atoms with Crippen LogP contribution in [0, 0.1) is 11.7 Å². The minimum atomic E-state index is -0.222. The molecule has 1 aromatic rings. The van der Waals surface area contributed by atoms with E-state index in [0.29, 0.717) is 6.61 Å². The number of amides is 1. The number of hydrogen-bond donors (Lipinski definition) is 0. The van der Waals surface area contributed by atoms with Crippen molar-refractivity contribution in [2.75, 3.05) is 26.3 Å². The molecule has 0 aromatic heterocycles. The highest BCUT2D eigenvalue weighted by Crippen LogP contribution is 2.48. The van der Waals surface area contributed by atoms with E-state index in [0.717, 1.165) is 57.4 Å². The predicted molar refractivity (Wildman–Crippen MR) is 91.8 cm³/mol. The van der Waals surface area contributed by atoms with Gasteiger partial charge in [-0.3, -0.25) is 4.79 Å². The molecule has 25 heavy (non-hydrogen) atoms. The van der Waals surface area contributed by atoms with Crippen LogP contribution in [0.2, 0.25) is 0 Å². The van der Waals surface area contributed by atoms with Crippen molar-refractivity contribution in [3.8, 4) is 0 Å². The summed E-state index contributed by atoms with van der Waals surface area (Å²) in [5.74, 6) is 0.231. The molecule has 2 aliphatic heterocycles. The number of carbonyl (C=O) groups is 1. The maximum Gasteiger partial charge on any atom is 0.226 e. The summed E-state index contributed by atoms with van der Waals surface area (Å²) in [4.78, 5) is 14.6. The molecule has 2 heterocycles. The fourth-order valence-corrected chi connectivity index (χ4v) is 4.07. The number of piperidine rings is 1. The van der Waals surface area contributed by atoms with Gasteiger partial charge in [0.15, 0.2) is 0 Å². The molecule has 4 nitrogen and oxygen atoms in total. The molecule has 1 aromatic carbocycles. The molecule has 136 valence electrons. The fraction of sp³-hybridized carbons (Fsp3) is 0.650. The van der Waals surface area contributed by atoms with Crippen LogP contribution < -0.4 is 0 Å². The van der Waals surface area contributed by atoms with Gasteiger partial charge in [-0.25, -0.2) is 4.39 Å². The standard InChI is InChI=1S/C20H26FNO3/c21-15-4-1-3-14(11-15)18-12-19(18)20(23)22-8-6-16(7-9-22)25-13-17-5-2-10-24-17/h1,3-4,11,16-19H,2,5-10,12-13H2/t17-,18-,19-/m1/s1. The molecule has 1 amide bonds. The lowest BCUT2D eigenvalue weighted by Gasteiger charge is -2.32. The average Bonchev–Trinajstić information content (AvgIpc) is 3.27. The Hall–Kier alpha value is -1.46. The van der Waals surface area contributed by atoms with Gasteiger partial charge in [-0.15, -0.1) is 0 Å². The van der Waals surface area contributed by atoms with Crippen molar-refractivity contribution >= 4 is 5.91 Å². The van der Waals surface area contributed by atoms with Crippen molar-refractivity contribution in [3.63, 3.8) is 0 Å². The Morgan fingerprint density at radius 2 is 2.12 bits per heavy atom. The molecule has 0 bridgehead atoms. The van der Waals surface area contributed by atoms with Gasteiger partial charge in [-0.1, -0.05) is 12.1 Å². The first kappa shape index (κ1) is 17.0. The lowest BCUT2D eigenvalue weighted by molar-refractivity contribution is -0.135. The fourth-order valence-electron chi connectivity index (χ4n) is 4.07. The summed E-state index contributed by atoms with van der Waals surface area (Å²) in [6.07, 6.45) is 5.38. The molecule has 3 atom stereocenters. The number of halogens is 1. The zero-order valence-corrected chi connectivity index (χ0v) is 14.5. The third kappa shape index (κ3) is 4.04.